The molecule has 0 saturated heterocycles. The molecule has 4 nitrogen and oxygen atoms in total. The maximum Gasteiger partial charge on any atom is 0.231 e. The summed E-state index contributed by atoms with van der Waals surface area (Å²) < 4.78 is 10.8. The predicted molar refractivity (Wildman–Crippen MR) is 98.7 cm³/mol. The summed E-state index contributed by atoms with van der Waals surface area (Å²) in [6.45, 7) is 10.0. The Morgan fingerprint density at radius 1 is 1.28 bits per heavy atom. The number of nitrogens with one attached hydrogen (secondary N) is 1. The van der Waals surface area contributed by atoms with Crippen molar-refractivity contribution in [2.75, 3.05) is 13.3 Å². The second-order valence-electron chi connectivity index (χ2n) is 8.65. The fraction of sp³-hybridized carbons (Fsp3) is 0.667. The van der Waals surface area contributed by atoms with Gasteiger partial charge in [0.25, 0.3) is 0 Å². The molecule has 4 heteroatoms. The number of hydrogen-bond donors (Lipinski definition) is 1. The molecule has 25 heavy (non-hydrogen) atoms. The average molecular weight is 345 g/mol. The van der Waals surface area contributed by atoms with Gasteiger partial charge < -0.3 is 14.8 Å². The minimum atomic E-state index is 0.139. The van der Waals surface area contributed by atoms with E-state index in [-0.39, 0.29) is 17.2 Å². The molecule has 1 aliphatic heterocycles. The van der Waals surface area contributed by atoms with Gasteiger partial charge in [-0.15, -0.1) is 0 Å². The number of rotatable bonds is 5. The van der Waals surface area contributed by atoms with Crippen LogP contribution >= 0.6 is 0 Å². The first-order chi connectivity index (χ1) is 11.9. The number of carbonyl (C=O) groups is 1. The minimum absolute atomic E-state index is 0.139. The van der Waals surface area contributed by atoms with Gasteiger partial charge in [0, 0.05) is 12.5 Å². The molecule has 1 aliphatic carbocycles. The first-order valence-electron chi connectivity index (χ1n) is 9.52. The lowest BCUT2D eigenvalue weighted by Crippen LogP contribution is -2.43. The van der Waals surface area contributed by atoms with E-state index in [4.69, 9.17) is 9.47 Å². The summed E-state index contributed by atoms with van der Waals surface area (Å²) in [5.41, 5.74) is 1.43. The molecule has 0 spiro atoms. The van der Waals surface area contributed by atoms with Gasteiger partial charge in [-0.25, -0.2) is 0 Å². The van der Waals surface area contributed by atoms with Crippen LogP contribution in [0.2, 0.25) is 0 Å². The second-order valence-corrected chi connectivity index (χ2v) is 8.65. The minimum Gasteiger partial charge on any atom is -0.454 e. The van der Waals surface area contributed by atoms with Gasteiger partial charge in [-0.1, -0.05) is 33.8 Å². The van der Waals surface area contributed by atoms with Crippen LogP contribution in [0.4, 0.5) is 0 Å². The normalized spacial score (nSPS) is 24.4. The van der Waals surface area contributed by atoms with Crippen molar-refractivity contribution >= 4 is 5.91 Å². The number of amides is 1. The fourth-order valence-electron chi connectivity index (χ4n) is 4.25. The maximum absolute atomic E-state index is 12.8. The van der Waals surface area contributed by atoms with E-state index in [0.717, 1.165) is 36.3 Å². The van der Waals surface area contributed by atoms with Crippen molar-refractivity contribution in [1.29, 1.82) is 0 Å². The topological polar surface area (TPSA) is 47.6 Å². The highest BCUT2D eigenvalue weighted by Crippen LogP contribution is 2.44. The van der Waals surface area contributed by atoms with Crippen molar-refractivity contribution in [2.24, 2.45) is 23.2 Å². The van der Waals surface area contributed by atoms with E-state index in [0.29, 0.717) is 25.2 Å². The Balaban J connectivity index is 1.55. The molecular weight excluding hydrogens is 314 g/mol. The Labute approximate surface area is 151 Å². The summed E-state index contributed by atoms with van der Waals surface area (Å²) >= 11 is 0. The number of hydrogen-bond acceptors (Lipinski definition) is 3. The van der Waals surface area contributed by atoms with Gasteiger partial charge >= 0.3 is 0 Å². The highest BCUT2D eigenvalue weighted by atomic mass is 16.7. The van der Waals surface area contributed by atoms with E-state index in [2.05, 4.69) is 33.0 Å². The summed E-state index contributed by atoms with van der Waals surface area (Å²) in [7, 11) is 0. The van der Waals surface area contributed by atoms with Crippen LogP contribution in [0.15, 0.2) is 18.2 Å². The van der Waals surface area contributed by atoms with Crippen LogP contribution in [0.5, 0.6) is 11.5 Å². The van der Waals surface area contributed by atoms with Crippen molar-refractivity contribution in [3.8, 4) is 11.5 Å². The molecule has 1 amide bonds. The fourth-order valence-corrected chi connectivity index (χ4v) is 4.25. The van der Waals surface area contributed by atoms with Crippen LogP contribution in [0.25, 0.3) is 0 Å². The Morgan fingerprint density at radius 2 is 2.04 bits per heavy atom. The molecule has 2 atom stereocenters. The van der Waals surface area contributed by atoms with Gasteiger partial charge in [-0.05, 0) is 60.6 Å². The third-order valence-electron chi connectivity index (χ3n) is 5.79. The Kier molecular flexibility index (Phi) is 5.26. The molecule has 0 radical (unpaired) electrons. The highest BCUT2D eigenvalue weighted by Gasteiger charge is 2.39. The zero-order valence-electron chi connectivity index (χ0n) is 15.9. The van der Waals surface area contributed by atoms with Crippen molar-refractivity contribution in [1.82, 2.24) is 5.32 Å². The lowest BCUT2D eigenvalue weighted by molar-refractivity contribution is -0.130. The van der Waals surface area contributed by atoms with E-state index in [1.807, 2.05) is 18.2 Å². The summed E-state index contributed by atoms with van der Waals surface area (Å²) in [6, 6.07) is 5.99. The van der Waals surface area contributed by atoms with Gasteiger partial charge in [0.05, 0.1) is 0 Å². The first-order valence-corrected chi connectivity index (χ1v) is 9.52. The molecule has 1 saturated carbocycles. The van der Waals surface area contributed by atoms with Crippen molar-refractivity contribution in [2.45, 2.75) is 53.4 Å². The summed E-state index contributed by atoms with van der Waals surface area (Å²) in [4.78, 5) is 12.8. The number of carbonyl (C=O) groups excluding carboxylic acids is 1. The smallest absolute Gasteiger partial charge is 0.231 e. The molecule has 1 fully saturated rings. The van der Waals surface area contributed by atoms with Crippen LogP contribution in [0.1, 0.15) is 52.5 Å². The molecule has 0 aromatic heterocycles. The van der Waals surface area contributed by atoms with Gasteiger partial charge in [0.2, 0.25) is 12.7 Å². The lowest BCUT2D eigenvalue weighted by Gasteiger charge is -2.41. The molecule has 0 bridgehead atoms. The second kappa shape index (κ2) is 7.27. The molecule has 2 unspecified atom stereocenters. The van der Waals surface area contributed by atoms with E-state index in [1.54, 1.807) is 0 Å². The lowest BCUT2D eigenvalue weighted by atomic mass is 9.64. The maximum atomic E-state index is 12.8. The zero-order valence-corrected chi connectivity index (χ0v) is 15.9. The molecule has 1 aromatic carbocycles. The average Bonchev–Trinajstić information content (AvgIpc) is 3.01. The van der Waals surface area contributed by atoms with E-state index in [9.17, 15) is 4.79 Å². The Hall–Kier alpha value is -1.71. The van der Waals surface area contributed by atoms with Gasteiger partial charge in [0.1, 0.15) is 0 Å². The summed E-state index contributed by atoms with van der Waals surface area (Å²) in [6.07, 6.45) is 4.18. The highest BCUT2D eigenvalue weighted by molar-refractivity contribution is 5.79. The van der Waals surface area contributed by atoms with Gasteiger partial charge in [-0.3, -0.25) is 4.79 Å². The molecule has 138 valence electrons. The SMILES string of the molecule is CC(C)C1CCC(C)(C)CC1C(=O)NCCc1ccc2c(c1)OCO2. The zero-order chi connectivity index (χ0) is 18.0. The predicted octanol–water partition coefficient (Wildman–Crippen LogP) is 4.17. The largest absolute Gasteiger partial charge is 0.454 e. The van der Waals surface area contributed by atoms with E-state index >= 15 is 0 Å². The monoisotopic (exact) mass is 345 g/mol. The van der Waals surface area contributed by atoms with E-state index < -0.39 is 0 Å². The first kappa shape index (κ1) is 18.1. The molecule has 1 aromatic rings. The third kappa shape index (κ3) is 4.28. The summed E-state index contributed by atoms with van der Waals surface area (Å²) in [5.74, 6) is 3.03. The summed E-state index contributed by atoms with van der Waals surface area (Å²) in [5, 5.41) is 3.18. The molecule has 1 heterocycles. The van der Waals surface area contributed by atoms with Crippen LogP contribution in [-0.2, 0) is 11.2 Å². The molecule has 3 rings (SSSR count). The van der Waals surface area contributed by atoms with Crippen LogP contribution < -0.4 is 14.8 Å². The quantitative estimate of drug-likeness (QED) is 0.871. The van der Waals surface area contributed by atoms with Crippen molar-refractivity contribution in [3.05, 3.63) is 23.8 Å². The Morgan fingerprint density at radius 3 is 2.80 bits per heavy atom. The Bertz CT molecular complexity index is 624. The molecule has 1 N–H and O–H groups in total. The molecular formula is C21H31NO3. The molecule has 2 aliphatic rings. The van der Waals surface area contributed by atoms with Gasteiger partial charge in [-0.2, -0.15) is 0 Å². The van der Waals surface area contributed by atoms with Crippen LogP contribution in [0, 0.1) is 23.2 Å². The number of ether oxygens (including phenoxy) is 2. The van der Waals surface area contributed by atoms with Crippen molar-refractivity contribution < 1.29 is 14.3 Å². The van der Waals surface area contributed by atoms with Crippen LogP contribution in [-0.4, -0.2) is 19.2 Å². The number of benzene rings is 1. The standard InChI is InChI=1S/C21H31NO3/c1-14(2)16-7-9-21(3,4)12-17(16)20(23)22-10-8-15-5-6-18-19(11-15)25-13-24-18/h5-6,11,14,16-17H,7-10,12-13H2,1-4H3,(H,22,23). The van der Waals surface area contributed by atoms with Crippen LogP contribution in [0.3, 0.4) is 0 Å². The van der Waals surface area contributed by atoms with E-state index in [1.165, 1.54) is 6.42 Å². The third-order valence-corrected chi connectivity index (χ3v) is 5.79. The van der Waals surface area contributed by atoms with Gasteiger partial charge in [0.15, 0.2) is 11.5 Å². The van der Waals surface area contributed by atoms with Crippen molar-refractivity contribution in [3.63, 3.8) is 0 Å². The number of fused-ring (bicyclic) bond motifs is 1.